The van der Waals surface area contributed by atoms with Crippen molar-refractivity contribution in [2.24, 2.45) is 0 Å². The Bertz CT molecular complexity index is 401. The van der Waals surface area contributed by atoms with E-state index in [9.17, 15) is 4.79 Å². The van der Waals surface area contributed by atoms with E-state index in [-0.39, 0.29) is 12.1 Å². The van der Waals surface area contributed by atoms with Crippen LogP contribution in [0.1, 0.15) is 33.3 Å². The van der Waals surface area contributed by atoms with Crippen molar-refractivity contribution >= 4 is 6.09 Å². The van der Waals surface area contributed by atoms with Gasteiger partial charge in [-0.3, -0.25) is 4.98 Å². The summed E-state index contributed by atoms with van der Waals surface area (Å²) >= 11 is 0. The summed E-state index contributed by atoms with van der Waals surface area (Å²) in [5, 5.41) is 6.10. The highest BCUT2D eigenvalue weighted by Crippen LogP contribution is 2.06. The van der Waals surface area contributed by atoms with E-state index in [1.807, 2.05) is 40.0 Å². The van der Waals surface area contributed by atoms with Crippen LogP contribution in [-0.4, -0.2) is 35.8 Å². The zero-order valence-corrected chi connectivity index (χ0v) is 12.8. The lowest BCUT2D eigenvalue weighted by molar-refractivity contribution is 0.0523. The number of alkyl carbamates (subject to hydrolysis) is 1. The van der Waals surface area contributed by atoms with Gasteiger partial charge in [0.05, 0.1) is 0 Å². The summed E-state index contributed by atoms with van der Waals surface area (Å²) in [5.41, 5.74) is 0.744. The van der Waals surface area contributed by atoms with Crippen LogP contribution in [0.2, 0.25) is 0 Å². The minimum atomic E-state index is -0.457. The van der Waals surface area contributed by atoms with Gasteiger partial charge in [0, 0.05) is 25.0 Å². The Labute approximate surface area is 121 Å². The van der Waals surface area contributed by atoms with Crippen molar-refractivity contribution in [1.29, 1.82) is 0 Å². The topological polar surface area (TPSA) is 63.2 Å². The maximum atomic E-state index is 11.5. The first-order valence-corrected chi connectivity index (χ1v) is 6.96. The number of nitrogens with zero attached hydrogens (tertiary/aromatic N) is 1. The Morgan fingerprint density at radius 3 is 2.80 bits per heavy atom. The van der Waals surface area contributed by atoms with Gasteiger partial charge in [-0.05, 0) is 52.3 Å². The Balaban J connectivity index is 2.14. The third-order valence-corrected chi connectivity index (χ3v) is 2.58. The quantitative estimate of drug-likeness (QED) is 0.837. The molecular weight excluding hydrogens is 254 g/mol. The zero-order chi connectivity index (χ0) is 15.0. The van der Waals surface area contributed by atoms with Gasteiger partial charge in [-0.2, -0.15) is 0 Å². The number of pyridine rings is 1. The minimum absolute atomic E-state index is 0.194. The molecule has 1 atom stereocenters. The molecule has 0 aliphatic heterocycles. The van der Waals surface area contributed by atoms with Gasteiger partial charge in [0.25, 0.3) is 0 Å². The molecule has 1 amide bonds. The highest BCUT2D eigenvalue weighted by molar-refractivity contribution is 5.67. The maximum absolute atomic E-state index is 11.5. The van der Waals surface area contributed by atoms with Crippen molar-refractivity contribution in [2.45, 2.75) is 45.8 Å². The number of nitrogens with one attached hydrogen (secondary N) is 2. The maximum Gasteiger partial charge on any atom is 0.407 e. The summed E-state index contributed by atoms with van der Waals surface area (Å²) < 4.78 is 5.18. The van der Waals surface area contributed by atoms with Gasteiger partial charge in [0.1, 0.15) is 5.60 Å². The second-order valence-corrected chi connectivity index (χ2v) is 5.85. The Morgan fingerprint density at radius 2 is 2.20 bits per heavy atom. The molecule has 1 rings (SSSR count). The monoisotopic (exact) mass is 279 g/mol. The summed E-state index contributed by atoms with van der Waals surface area (Å²) in [6.45, 7) is 8.97. The lowest BCUT2D eigenvalue weighted by atomic mass is 10.2. The fraction of sp³-hybridized carbons (Fsp3) is 0.600. The van der Waals surface area contributed by atoms with Crippen LogP contribution >= 0.6 is 0 Å². The molecule has 2 N–H and O–H groups in total. The molecule has 0 saturated heterocycles. The van der Waals surface area contributed by atoms with Gasteiger partial charge < -0.3 is 15.4 Å². The lowest BCUT2D eigenvalue weighted by Gasteiger charge is -2.21. The molecule has 0 radical (unpaired) electrons. The van der Waals surface area contributed by atoms with E-state index >= 15 is 0 Å². The third-order valence-electron chi connectivity index (χ3n) is 2.58. The molecule has 0 fully saturated rings. The SMILES string of the molecule is CC(CNC(=O)OC(C)(C)C)NCCc1cccnc1. The number of hydrogen-bond acceptors (Lipinski definition) is 4. The molecule has 0 saturated carbocycles. The number of ether oxygens (including phenoxy) is 1. The fourth-order valence-electron chi connectivity index (χ4n) is 1.63. The van der Waals surface area contributed by atoms with E-state index in [1.54, 1.807) is 6.20 Å². The van der Waals surface area contributed by atoms with Crippen LogP contribution in [0, 0.1) is 0 Å². The molecule has 1 aromatic rings. The van der Waals surface area contributed by atoms with Crippen molar-refractivity contribution in [2.75, 3.05) is 13.1 Å². The van der Waals surface area contributed by atoms with Crippen LogP contribution in [0.25, 0.3) is 0 Å². The molecule has 20 heavy (non-hydrogen) atoms. The van der Waals surface area contributed by atoms with Crippen molar-refractivity contribution < 1.29 is 9.53 Å². The molecular formula is C15H25N3O2. The van der Waals surface area contributed by atoms with Crippen molar-refractivity contribution in [3.8, 4) is 0 Å². The summed E-state index contributed by atoms with van der Waals surface area (Å²) in [6.07, 6.45) is 4.18. The van der Waals surface area contributed by atoms with Crippen LogP contribution in [0.3, 0.4) is 0 Å². The molecule has 0 aromatic carbocycles. The van der Waals surface area contributed by atoms with Crippen LogP contribution in [0.15, 0.2) is 24.5 Å². The van der Waals surface area contributed by atoms with Crippen molar-refractivity contribution in [3.63, 3.8) is 0 Å². The number of hydrogen-bond donors (Lipinski definition) is 2. The van der Waals surface area contributed by atoms with Crippen molar-refractivity contribution in [3.05, 3.63) is 30.1 Å². The van der Waals surface area contributed by atoms with Crippen LogP contribution < -0.4 is 10.6 Å². The van der Waals surface area contributed by atoms with Gasteiger partial charge in [-0.15, -0.1) is 0 Å². The Morgan fingerprint density at radius 1 is 1.45 bits per heavy atom. The van der Waals surface area contributed by atoms with Gasteiger partial charge >= 0.3 is 6.09 Å². The smallest absolute Gasteiger partial charge is 0.407 e. The average molecular weight is 279 g/mol. The second kappa shape index (κ2) is 7.85. The molecule has 5 heteroatoms. The molecule has 1 unspecified atom stereocenters. The summed E-state index contributed by atoms with van der Waals surface area (Å²) in [7, 11) is 0. The molecule has 0 aliphatic carbocycles. The van der Waals surface area contributed by atoms with Gasteiger partial charge in [0.15, 0.2) is 0 Å². The van der Waals surface area contributed by atoms with E-state index in [0.29, 0.717) is 6.54 Å². The summed E-state index contributed by atoms with van der Waals surface area (Å²) in [6, 6.07) is 4.18. The van der Waals surface area contributed by atoms with Gasteiger partial charge in [-0.1, -0.05) is 6.07 Å². The van der Waals surface area contributed by atoms with E-state index < -0.39 is 5.60 Å². The number of aromatic nitrogens is 1. The van der Waals surface area contributed by atoms with Crippen LogP contribution in [0.5, 0.6) is 0 Å². The number of amides is 1. The first-order valence-electron chi connectivity index (χ1n) is 6.96. The molecule has 5 nitrogen and oxygen atoms in total. The molecule has 0 aliphatic rings. The molecule has 0 spiro atoms. The summed E-state index contributed by atoms with van der Waals surface area (Å²) in [4.78, 5) is 15.6. The molecule has 112 valence electrons. The summed E-state index contributed by atoms with van der Waals surface area (Å²) in [5.74, 6) is 0. The average Bonchev–Trinajstić information content (AvgIpc) is 2.36. The zero-order valence-electron chi connectivity index (χ0n) is 12.8. The number of rotatable bonds is 6. The highest BCUT2D eigenvalue weighted by Gasteiger charge is 2.16. The molecule has 1 aromatic heterocycles. The van der Waals surface area contributed by atoms with Gasteiger partial charge in [0.2, 0.25) is 0 Å². The third kappa shape index (κ3) is 7.74. The van der Waals surface area contributed by atoms with Crippen molar-refractivity contribution in [1.82, 2.24) is 15.6 Å². The standard InChI is InChI=1S/C15H25N3O2/c1-12(10-18-14(19)20-15(2,3)4)17-9-7-13-6-5-8-16-11-13/h5-6,8,11-12,17H,7,9-10H2,1-4H3,(H,18,19). The predicted octanol–water partition coefficient (Wildman–Crippen LogP) is 2.13. The van der Waals surface area contributed by atoms with E-state index in [1.165, 1.54) is 5.56 Å². The molecule has 0 bridgehead atoms. The number of carbonyl (C=O) groups excluding carboxylic acids is 1. The lowest BCUT2D eigenvalue weighted by Crippen LogP contribution is -2.41. The van der Waals surface area contributed by atoms with Crippen LogP contribution in [-0.2, 0) is 11.2 Å². The molecule has 1 heterocycles. The first-order chi connectivity index (χ1) is 9.37. The predicted molar refractivity (Wildman–Crippen MR) is 79.6 cm³/mol. The largest absolute Gasteiger partial charge is 0.444 e. The second-order valence-electron chi connectivity index (χ2n) is 5.85. The van der Waals surface area contributed by atoms with E-state index in [4.69, 9.17) is 4.74 Å². The van der Waals surface area contributed by atoms with E-state index in [0.717, 1.165) is 13.0 Å². The fourth-order valence-corrected chi connectivity index (χ4v) is 1.63. The highest BCUT2D eigenvalue weighted by atomic mass is 16.6. The Hall–Kier alpha value is -1.62. The normalized spacial score (nSPS) is 12.8. The van der Waals surface area contributed by atoms with Gasteiger partial charge in [-0.25, -0.2) is 4.79 Å². The Kier molecular flexibility index (Phi) is 6.45. The first kappa shape index (κ1) is 16.4. The minimum Gasteiger partial charge on any atom is -0.444 e. The van der Waals surface area contributed by atoms with E-state index in [2.05, 4.69) is 21.7 Å². The van der Waals surface area contributed by atoms with Crippen LogP contribution in [0.4, 0.5) is 4.79 Å². The number of carbonyl (C=O) groups is 1.